The number of amides is 5. The molecular weight excluding hydrogens is 805 g/mol. The average molecular weight is 856 g/mol. The van der Waals surface area contributed by atoms with Gasteiger partial charge in [-0.3, -0.25) is 24.6 Å². The fraction of sp³-hybridized carbons (Fsp3) is 0.306. The summed E-state index contributed by atoms with van der Waals surface area (Å²) in [4.78, 5) is 65.9. The molecule has 1 saturated heterocycles. The molecule has 12 nitrogen and oxygen atoms in total. The number of aryl methyl sites for hydroxylation is 2. The Labute approximate surface area is 364 Å². The van der Waals surface area contributed by atoms with Crippen LogP contribution in [-0.4, -0.2) is 68.8 Å². The van der Waals surface area contributed by atoms with Gasteiger partial charge in [0.2, 0.25) is 5.91 Å². The van der Waals surface area contributed by atoms with Crippen molar-refractivity contribution in [3.8, 4) is 22.5 Å². The summed E-state index contributed by atoms with van der Waals surface area (Å²) in [6.07, 6.45) is 7.54. The maximum absolute atomic E-state index is 15.1. The second kappa shape index (κ2) is 18.7. The fourth-order valence-corrected chi connectivity index (χ4v) is 7.84. The Morgan fingerprint density at radius 1 is 0.905 bits per heavy atom. The van der Waals surface area contributed by atoms with Gasteiger partial charge in [-0.2, -0.15) is 0 Å². The molecule has 0 atom stereocenters. The third-order valence-electron chi connectivity index (χ3n) is 11.6. The van der Waals surface area contributed by atoms with Crippen molar-refractivity contribution in [3.63, 3.8) is 0 Å². The van der Waals surface area contributed by atoms with Gasteiger partial charge in [-0.05, 0) is 117 Å². The van der Waals surface area contributed by atoms with E-state index in [0.717, 1.165) is 61.4 Å². The van der Waals surface area contributed by atoms with Gasteiger partial charge in [-0.1, -0.05) is 55.7 Å². The molecule has 0 unspecified atom stereocenters. The molecule has 0 aliphatic carbocycles. The van der Waals surface area contributed by atoms with Crippen LogP contribution in [0.2, 0.25) is 0 Å². The number of nitrogens with one attached hydrogen (secondary N) is 3. The number of carbonyl (C=O) groups is 4. The lowest BCUT2D eigenvalue weighted by molar-refractivity contribution is -0.120. The van der Waals surface area contributed by atoms with Crippen LogP contribution in [0.4, 0.5) is 25.0 Å². The number of hydrogen-bond donors (Lipinski definition) is 4. The number of halogens is 2. The van der Waals surface area contributed by atoms with Gasteiger partial charge in [0.1, 0.15) is 23.6 Å². The zero-order valence-electron chi connectivity index (χ0n) is 36.1. The molecule has 6 aromatic rings. The van der Waals surface area contributed by atoms with E-state index in [4.69, 9.17) is 0 Å². The van der Waals surface area contributed by atoms with Crippen molar-refractivity contribution in [2.45, 2.75) is 78.2 Å². The van der Waals surface area contributed by atoms with Gasteiger partial charge in [-0.15, -0.1) is 0 Å². The van der Waals surface area contributed by atoms with Gasteiger partial charge < -0.3 is 20.3 Å². The number of imide groups is 1. The van der Waals surface area contributed by atoms with E-state index in [9.17, 15) is 28.7 Å². The first-order chi connectivity index (χ1) is 30.1. The van der Waals surface area contributed by atoms with E-state index in [2.05, 4.69) is 37.7 Å². The number of aromatic amines is 1. The van der Waals surface area contributed by atoms with Gasteiger partial charge in [0.15, 0.2) is 0 Å². The first-order valence-electron chi connectivity index (χ1n) is 21.1. The van der Waals surface area contributed by atoms with Crippen LogP contribution in [0.25, 0.3) is 33.5 Å². The third kappa shape index (κ3) is 10.1. The van der Waals surface area contributed by atoms with Crippen molar-refractivity contribution < 1.29 is 33.1 Å². The summed E-state index contributed by atoms with van der Waals surface area (Å²) in [7, 11) is 1.79. The number of hydrogen-bond acceptors (Lipinski definition) is 7. The fourth-order valence-electron chi connectivity index (χ4n) is 7.84. The molecule has 7 rings (SSSR count). The van der Waals surface area contributed by atoms with Gasteiger partial charge in [-0.25, -0.2) is 23.5 Å². The molecule has 63 heavy (non-hydrogen) atoms. The molecule has 0 saturated carbocycles. The number of fused-ring (bicyclic) bond motifs is 1. The molecule has 2 aromatic heterocycles. The summed E-state index contributed by atoms with van der Waals surface area (Å²) < 4.78 is 30.1. The van der Waals surface area contributed by atoms with Crippen LogP contribution in [0.3, 0.4) is 0 Å². The van der Waals surface area contributed by atoms with Crippen LogP contribution in [-0.2, 0) is 16.8 Å². The number of aliphatic hydroxyl groups is 1. The molecule has 5 amide bonds. The standard InChI is InChI=1S/C49H51F2N7O5/c1-29-12-15-33(23-42(29)58-22-20-43(59)56-48(58)62)47(61)57(5)21-10-8-6-7-9-11-31-13-16-32(17-14-31)41-27-38-44(52-28-53-45(38)54-41)37-25-35(50)26-40(30(37)2)55-46(60)36-19-18-34(24-39(36)51)49(3,4)63/h12-19,23-28,63H,6-11,20-22H2,1-5H3,(H,55,60)(H,52,53,54)(H,56,59,62). The zero-order chi connectivity index (χ0) is 45.0. The highest BCUT2D eigenvalue weighted by molar-refractivity contribution is 6.07. The first kappa shape index (κ1) is 44.3. The van der Waals surface area contributed by atoms with Crippen LogP contribution < -0.4 is 15.5 Å². The Bertz CT molecular complexity index is 2710. The average Bonchev–Trinajstić information content (AvgIpc) is 3.69. The minimum atomic E-state index is -1.29. The number of carbonyl (C=O) groups excluding carboxylic acids is 4. The van der Waals surface area contributed by atoms with E-state index >= 15 is 4.39 Å². The minimum absolute atomic E-state index is 0.111. The van der Waals surface area contributed by atoms with Crippen molar-refractivity contribution in [2.24, 2.45) is 0 Å². The molecule has 14 heteroatoms. The smallest absolute Gasteiger partial charge is 0.328 e. The van der Waals surface area contributed by atoms with Crippen molar-refractivity contribution in [3.05, 3.63) is 130 Å². The molecule has 0 radical (unpaired) electrons. The number of benzene rings is 4. The molecule has 4 N–H and O–H groups in total. The molecule has 1 fully saturated rings. The molecule has 326 valence electrons. The summed E-state index contributed by atoms with van der Waals surface area (Å²) in [5.74, 6) is -2.58. The highest BCUT2D eigenvalue weighted by atomic mass is 19.1. The second-order valence-electron chi connectivity index (χ2n) is 16.7. The number of urea groups is 1. The third-order valence-corrected chi connectivity index (χ3v) is 11.6. The van der Waals surface area contributed by atoms with Crippen LogP contribution >= 0.6 is 0 Å². The van der Waals surface area contributed by atoms with Gasteiger partial charge >= 0.3 is 6.03 Å². The highest BCUT2D eigenvalue weighted by Gasteiger charge is 2.27. The monoisotopic (exact) mass is 855 g/mol. The molecule has 3 heterocycles. The number of nitrogens with zero attached hydrogens (tertiary/aromatic N) is 4. The van der Waals surface area contributed by atoms with Crippen molar-refractivity contribution in [1.29, 1.82) is 0 Å². The van der Waals surface area contributed by atoms with Crippen LogP contribution in [0, 0.1) is 25.5 Å². The lowest BCUT2D eigenvalue weighted by Crippen LogP contribution is -2.49. The summed E-state index contributed by atoms with van der Waals surface area (Å²) >= 11 is 0. The summed E-state index contributed by atoms with van der Waals surface area (Å²) in [6, 6.07) is 21.5. The van der Waals surface area contributed by atoms with E-state index in [1.807, 2.05) is 31.2 Å². The molecule has 1 aliphatic heterocycles. The largest absolute Gasteiger partial charge is 0.386 e. The van der Waals surface area contributed by atoms with Gasteiger partial charge in [0.05, 0.1) is 16.9 Å². The predicted octanol–water partition coefficient (Wildman–Crippen LogP) is 9.38. The molecule has 4 aromatic carbocycles. The number of rotatable bonds is 15. The SMILES string of the molecule is Cc1ccc(C(=O)N(C)CCCCCCCc2ccc(-c3cc4c(-c5cc(F)cc(NC(=O)c6ccc(C(C)(C)O)cc6F)c5C)ncnc4[nH]3)cc2)cc1N1CCC(=O)NC1=O. The quantitative estimate of drug-likeness (QED) is 0.0749. The van der Waals surface area contributed by atoms with E-state index in [-0.39, 0.29) is 36.0 Å². The summed E-state index contributed by atoms with van der Waals surface area (Å²) in [6.45, 7) is 7.54. The van der Waals surface area contributed by atoms with Crippen molar-refractivity contribution >= 4 is 46.2 Å². The van der Waals surface area contributed by atoms with Crippen LogP contribution in [0.1, 0.15) is 95.3 Å². The topological polar surface area (TPSA) is 161 Å². The normalized spacial score (nSPS) is 13.0. The summed E-state index contributed by atoms with van der Waals surface area (Å²) in [5, 5.41) is 15.9. The molecule has 0 bridgehead atoms. The maximum atomic E-state index is 15.1. The number of H-pyrrole nitrogens is 1. The predicted molar refractivity (Wildman–Crippen MR) is 239 cm³/mol. The van der Waals surface area contributed by atoms with E-state index in [1.165, 1.54) is 54.9 Å². The van der Waals surface area contributed by atoms with E-state index in [1.54, 1.807) is 31.0 Å². The Morgan fingerprint density at radius 2 is 1.65 bits per heavy atom. The molecule has 0 spiro atoms. The lowest BCUT2D eigenvalue weighted by Gasteiger charge is -2.28. The zero-order valence-corrected chi connectivity index (χ0v) is 36.1. The van der Waals surface area contributed by atoms with Crippen LogP contribution in [0.5, 0.6) is 0 Å². The Balaban J connectivity index is 0.912. The Morgan fingerprint density at radius 3 is 2.38 bits per heavy atom. The number of unbranched alkanes of at least 4 members (excludes halogenated alkanes) is 4. The molecule has 1 aliphatic rings. The Hall–Kier alpha value is -6.80. The first-order valence-corrected chi connectivity index (χ1v) is 21.1. The maximum Gasteiger partial charge on any atom is 0.328 e. The number of anilines is 2. The van der Waals surface area contributed by atoms with Gasteiger partial charge in [0.25, 0.3) is 11.8 Å². The highest BCUT2D eigenvalue weighted by Crippen LogP contribution is 2.35. The lowest BCUT2D eigenvalue weighted by atomic mass is 9.96. The van der Waals surface area contributed by atoms with E-state index in [0.29, 0.717) is 51.2 Å². The minimum Gasteiger partial charge on any atom is -0.386 e. The summed E-state index contributed by atoms with van der Waals surface area (Å²) in [5.41, 5.74) is 5.91. The van der Waals surface area contributed by atoms with Crippen molar-refractivity contribution in [2.75, 3.05) is 30.4 Å². The van der Waals surface area contributed by atoms with E-state index < -0.39 is 29.2 Å². The van der Waals surface area contributed by atoms with Crippen molar-refractivity contribution in [1.82, 2.24) is 25.2 Å². The molecular formula is C49H51F2N7O5. The Kier molecular flexibility index (Phi) is 13.1. The second-order valence-corrected chi connectivity index (χ2v) is 16.7. The number of aromatic nitrogens is 3. The van der Waals surface area contributed by atoms with Crippen LogP contribution in [0.15, 0.2) is 85.2 Å². The van der Waals surface area contributed by atoms with Gasteiger partial charge in [0, 0.05) is 60.1 Å².